The lowest BCUT2D eigenvalue weighted by atomic mass is 9.77. The Kier molecular flexibility index (Phi) is 4.14. The molecule has 19 heavy (non-hydrogen) atoms. The lowest BCUT2D eigenvalue weighted by Gasteiger charge is -2.27. The van der Waals surface area contributed by atoms with Crippen LogP contribution in [0.4, 0.5) is 0 Å². The summed E-state index contributed by atoms with van der Waals surface area (Å²) in [7, 11) is 0. The second kappa shape index (κ2) is 6.02. The number of thiophene rings is 2. The highest BCUT2D eigenvalue weighted by atomic mass is 32.1. The third-order valence-electron chi connectivity index (χ3n) is 3.97. The molecule has 1 saturated carbocycles. The molecule has 2 aromatic heterocycles. The molecule has 1 aliphatic rings. The molecule has 3 heteroatoms. The van der Waals surface area contributed by atoms with E-state index in [0.717, 1.165) is 25.7 Å². The first-order chi connectivity index (χ1) is 9.33. The molecular formula is C16H18OS2. The van der Waals surface area contributed by atoms with E-state index in [0.29, 0.717) is 5.78 Å². The Bertz CT molecular complexity index is 467. The summed E-state index contributed by atoms with van der Waals surface area (Å²) in [5.41, 5.74) is 0. The minimum atomic E-state index is 0.261. The Morgan fingerprint density at radius 1 is 0.947 bits per heavy atom. The summed E-state index contributed by atoms with van der Waals surface area (Å²) in [6.07, 6.45) is 5.28. The van der Waals surface area contributed by atoms with Gasteiger partial charge in [-0.2, -0.15) is 0 Å². The van der Waals surface area contributed by atoms with Crippen molar-refractivity contribution in [2.45, 2.75) is 32.1 Å². The monoisotopic (exact) mass is 290 g/mol. The van der Waals surface area contributed by atoms with E-state index in [1.165, 1.54) is 16.2 Å². The van der Waals surface area contributed by atoms with Crippen LogP contribution in [-0.2, 0) is 17.6 Å². The second-order valence-electron chi connectivity index (χ2n) is 5.29. The number of carbonyl (C=O) groups excluding carboxylic acids is 1. The Balaban J connectivity index is 1.65. The Morgan fingerprint density at radius 2 is 1.47 bits per heavy atom. The maximum atomic E-state index is 12.6. The summed E-state index contributed by atoms with van der Waals surface area (Å²) in [5.74, 6) is 1.03. The minimum absolute atomic E-state index is 0.261. The van der Waals surface area contributed by atoms with Crippen LogP contribution in [0.1, 0.15) is 29.0 Å². The highest BCUT2D eigenvalue weighted by molar-refractivity contribution is 7.10. The van der Waals surface area contributed by atoms with E-state index in [1.54, 1.807) is 22.7 Å². The van der Waals surface area contributed by atoms with Crippen LogP contribution in [-0.4, -0.2) is 5.78 Å². The molecular weight excluding hydrogens is 272 g/mol. The van der Waals surface area contributed by atoms with Gasteiger partial charge in [0.05, 0.1) is 0 Å². The third-order valence-corrected chi connectivity index (χ3v) is 5.76. The molecule has 0 N–H and O–H groups in total. The quantitative estimate of drug-likeness (QED) is 0.805. The molecule has 1 aliphatic carbocycles. The largest absolute Gasteiger partial charge is 0.299 e. The van der Waals surface area contributed by atoms with Crippen molar-refractivity contribution >= 4 is 28.5 Å². The Labute approximate surface area is 122 Å². The Morgan fingerprint density at radius 3 is 1.89 bits per heavy atom. The van der Waals surface area contributed by atoms with Crippen molar-refractivity contribution in [3.8, 4) is 0 Å². The summed E-state index contributed by atoms with van der Waals surface area (Å²) in [6, 6.07) is 8.47. The molecule has 0 bridgehead atoms. The average molecular weight is 290 g/mol. The molecule has 2 aromatic rings. The standard InChI is InChI=1S/C16H18OS2/c17-16-12(10-14-6-2-8-18-14)4-1-5-13(16)11-15-7-3-9-19-15/h2-3,6-9,12-13H,1,4-5,10-11H2. The fraction of sp³-hybridized carbons (Fsp3) is 0.438. The minimum Gasteiger partial charge on any atom is -0.299 e. The lowest BCUT2D eigenvalue weighted by molar-refractivity contribution is -0.129. The van der Waals surface area contributed by atoms with Crippen molar-refractivity contribution < 1.29 is 4.79 Å². The summed E-state index contributed by atoms with van der Waals surface area (Å²) in [4.78, 5) is 15.3. The van der Waals surface area contributed by atoms with E-state index < -0.39 is 0 Å². The van der Waals surface area contributed by atoms with Gasteiger partial charge in [-0.1, -0.05) is 18.6 Å². The fourth-order valence-electron chi connectivity index (χ4n) is 2.98. The summed E-state index contributed by atoms with van der Waals surface area (Å²) >= 11 is 3.55. The second-order valence-corrected chi connectivity index (χ2v) is 7.36. The van der Waals surface area contributed by atoms with E-state index in [1.807, 2.05) is 0 Å². The molecule has 2 unspecified atom stereocenters. The van der Waals surface area contributed by atoms with Gasteiger partial charge in [0.2, 0.25) is 0 Å². The molecule has 100 valence electrons. The zero-order chi connectivity index (χ0) is 13.1. The van der Waals surface area contributed by atoms with Gasteiger partial charge in [0.25, 0.3) is 0 Å². The van der Waals surface area contributed by atoms with Crippen molar-refractivity contribution in [1.29, 1.82) is 0 Å². The topological polar surface area (TPSA) is 17.1 Å². The first-order valence-corrected chi connectivity index (χ1v) is 8.67. The normalized spacial score (nSPS) is 23.7. The lowest BCUT2D eigenvalue weighted by Crippen LogP contribution is -2.30. The van der Waals surface area contributed by atoms with Crippen LogP contribution in [0, 0.1) is 11.8 Å². The molecule has 0 spiro atoms. The van der Waals surface area contributed by atoms with Gasteiger partial charge in [-0.25, -0.2) is 0 Å². The number of hydrogen-bond donors (Lipinski definition) is 0. The van der Waals surface area contributed by atoms with E-state index >= 15 is 0 Å². The van der Waals surface area contributed by atoms with Crippen molar-refractivity contribution in [3.05, 3.63) is 44.8 Å². The third kappa shape index (κ3) is 3.15. The smallest absolute Gasteiger partial charge is 0.139 e. The highest BCUT2D eigenvalue weighted by Gasteiger charge is 2.31. The molecule has 1 fully saturated rings. The average Bonchev–Trinajstić information content (AvgIpc) is 3.07. The van der Waals surface area contributed by atoms with Crippen LogP contribution in [0.3, 0.4) is 0 Å². The van der Waals surface area contributed by atoms with E-state index in [4.69, 9.17) is 0 Å². The van der Waals surface area contributed by atoms with Crippen molar-refractivity contribution in [3.63, 3.8) is 0 Å². The Hall–Kier alpha value is -0.930. The van der Waals surface area contributed by atoms with Crippen molar-refractivity contribution in [2.75, 3.05) is 0 Å². The summed E-state index contributed by atoms with van der Waals surface area (Å²) in [5, 5.41) is 4.21. The van der Waals surface area contributed by atoms with Crippen LogP contribution >= 0.6 is 22.7 Å². The van der Waals surface area contributed by atoms with Crippen molar-refractivity contribution in [1.82, 2.24) is 0 Å². The number of rotatable bonds is 4. The van der Waals surface area contributed by atoms with Gasteiger partial charge in [-0.3, -0.25) is 4.79 Å². The van der Waals surface area contributed by atoms with Crippen molar-refractivity contribution in [2.24, 2.45) is 11.8 Å². The highest BCUT2D eigenvalue weighted by Crippen LogP contribution is 2.32. The number of carbonyl (C=O) groups is 1. The molecule has 1 nitrogen and oxygen atoms in total. The van der Waals surface area contributed by atoms with E-state index in [9.17, 15) is 4.79 Å². The van der Waals surface area contributed by atoms with Crippen LogP contribution in [0.15, 0.2) is 35.0 Å². The van der Waals surface area contributed by atoms with Gasteiger partial charge in [0.15, 0.2) is 0 Å². The van der Waals surface area contributed by atoms with Gasteiger partial charge >= 0.3 is 0 Å². The van der Waals surface area contributed by atoms with E-state index in [2.05, 4.69) is 35.0 Å². The molecule has 2 atom stereocenters. The van der Waals surface area contributed by atoms with E-state index in [-0.39, 0.29) is 11.8 Å². The van der Waals surface area contributed by atoms with Crippen LogP contribution in [0.25, 0.3) is 0 Å². The first-order valence-electron chi connectivity index (χ1n) is 6.91. The van der Waals surface area contributed by atoms with Crippen LogP contribution in [0.5, 0.6) is 0 Å². The molecule has 0 saturated heterocycles. The van der Waals surface area contributed by atoms with Gasteiger partial charge < -0.3 is 0 Å². The maximum absolute atomic E-state index is 12.6. The first kappa shape index (κ1) is 13.1. The molecule has 3 rings (SSSR count). The van der Waals surface area contributed by atoms with Gasteiger partial charge in [0, 0.05) is 21.6 Å². The molecule has 0 aromatic carbocycles. The maximum Gasteiger partial charge on any atom is 0.139 e. The molecule has 0 aliphatic heterocycles. The van der Waals surface area contributed by atoms with Gasteiger partial charge in [-0.05, 0) is 48.6 Å². The van der Waals surface area contributed by atoms with Gasteiger partial charge in [-0.15, -0.1) is 22.7 Å². The number of ketones is 1. The van der Waals surface area contributed by atoms with Crippen LogP contribution in [0.2, 0.25) is 0 Å². The summed E-state index contributed by atoms with van der Waals surface area (Å²) in [6.45, 7) is 0. The predicted octanol–water partition coefficient (Wildman–Crippen LogP) is 4.58. The summed E-state index contributed by atoms with van der Waals surface area (Å²) < 4.78 is 0. The predicted molar refractivity (Wildman–Crippen MR) is 81.9 cm³/mol. The molecule has 0 radical (unpaired) electrons. The zero-order valence-corrected chi connectivity index (χ0v) is 12.5. The zero-order valence-electron chi connectivity index (χ0n) is 10.9. The van der Waals surface area contributed by atoms with Crippen LogP contribution < -0.4 is 0 Å². The molecule has 2 heterocycles. The van der Waals surface area contributed by atoms with Gasteiger partial charge in [0.1, 0.15) is 5.78 Å². The molecule has 0 amide bonds. The fourth-order valence-corrected chi connectivity index (χ4v) is 4.55. The number of hydrogen-bond acceptors (Lipinski definition) is 3. The number of Topliss-reactive ketones (excluding diaryl/α,β-unsaturated/α-hetero) is 1. The SMILES string of the molecule is O=C1C(Cc2cccs2)CCCC1Cc1cccs1.